The van der Waals surface area contributed by atoms with Crippen molar-refractivity contribution in [2.24, 2.45) is 5.84 Å². The van der Waals surface area contributed by atoms with Crippen LogP contribution in [-0.2, 0) is 6.42 Å². The fourth-order valence-electron chi connectivity index (χ4n) is 1.85. The van der Waals surface area contributed by atoms with Gasteiger partial charge in [-0.05, 0) is 24.1 Å². The zero-order valence-electron chi connectivity index (χ0n) is 10.2. The third-order valence-electron chi connectivity index (χ3n) is 2.78. The Bertz CT molecular complexity index is 489. The summed E-state index contributed by atoms with van der Waals surface area (Å²) >= 11 is 0. The maximum atomic E-state index is 5.59. The Morgan fingerprint density at radius 1 is 1.33 bits per heavy atom. The topological polar surface area (TPSA) is 73.1 Å². The number of methoxy groups -OCH3 is 1. The second kappa shape index (κ2) is 6.09. The first kappa shape index (κ1) is 12.5. The maximum Gasteiger partial charge on any atom is 0.122 e. The van der Waals surface area contributed by atoms with Gasteiger partial charge < -0.3 is 4.74 Å². The molecule has 0 radical (unpaired) electrons. The van der Waals surface area contributed by atoms with E-state index in [-0.39, 0.29) is 6.04 Å². The number of aromatic nitrogens is 2. The van der Waals surface area contributed by atoms with Gasteiger partial charge in [0.05, 0.1) is 18.8 Å². The van der Waals surface area contributed by atoms with Crippen LogP contribution in [0.1, 0.15) is 17.3 Å². The van der Waals surface area contributed by atoms with Crippen molar-refractivity contribution in [2.75, 3.05) is 7.11 Å². The van der Waals surface area contributed by atoms with Crippen LogP contribution in [0.25, 0.3) is 0 Å². The van der Waals surface area contributed by atoms with E-state index < -0.39 is 0 Å². The minimum absolute atomic E-state index is 0.0655. The third-order valence-corrected chi connectivity index (χ3v) is 2.78. The molecule has 1 unspecified atom stereocenters. The van der Waals surface area contributed by atoms with Crippen LogP contribution in [0.15, 0.2) is 42.9 Å². The summed E-state index contributed by atoms with van der Waals surface area (Å²) in [5.74, 6) is 6.45. The summed E-state index contributed by atoms with van der Waals surface area (Å²) in [4.78, 5) is 8.11. The molecule has 1 atom stereocenters. The maximum absolute atomic E-state index is 5.59. The molecule has 5 heteroatoms. The van der Waals surface area contributed by atoms with Crippen LogP contribution in [0, 0.1) is 0 Å². The Labute approximate surface area is 106 Å². The molecule has 1 aromatic heterocycles. The number of hydrazine groups is 1. The smallest absolute Gasteiger partial charge is 0.122 e. The van der Waals surface area contributed by atoms with E-state index in [1.54, 1.807) is 13.3 Å². The number of nitrogens with two attached hydrogens (primary N) is 1. The lowest BCUT2D eigenvalue weighted by molar-refractivity contribution is 0.405. The van der Waals surface area contributed by atoms with Crippen molar-refractivity contribution in [3.63, 3.8) is 0 Å². The summed E-state index contributed by atoms with van der Waals surface area (Å²) < 4.78 is 5.33. The lowest BCUT2D eigenvalue weighted by atomic mass is 10.0. The van der Waals surface area contributed by atoms with E-state index in [4.69, 9.17) is 10.6 Å². The largest absolute Gasteiger partial charge is 0.496 e. The molecule has 18 heavy (non-hydrogen) atoms. The van der Waals surface area contributed by atoms with Crippen molar-refractivity contribution < 1.29 is 4.74 Å². The lowest BCUT2D eigenvalue weighted by Gasteiger charge is -2.16. The minimum atomic E-state index is -0.0655. The van der Waals surface area contributed by atoms with E-state index in [9.17, 15) is 0 Å². The second-order valence-electron chi connectivity index (χ2n) is 3.87. The first-order chi connectivity index (χ1) is 8.85. The molecule has 0 aliphatic carbocycles. The number of benzene rings is 1. The molecule has 1 heterocycles. The minimum Gasteiger partial charge on any atom is -0.496 e. The Morgan fingerprint density at radius 3 is 2.83 bits per heavy atom. The summed E-state index contributed by atoms with van der Waals surface area (Å²) in [6, 6.07) is 9.65. The van der Waals surface area contributed by atoms with Crippen LogP contribution < -0.4 is 16.0 Å². The third kappa shape index (κ3) is 2.82. The van der Waals surface area contributed by atoms with Gasteiger partial charge in [-0.25, -0.2) is 9.97 Å². The fraction of sp³-hybridized carbons (Fsp3) is 0.231. The lowest BCUT2D eigenvalue weighted by Crippen LogP contribution is -2.30. The predicted octanol–water partition coefficient (Wildman–Crippen LogP) is 1.23. The molecular weight excluding hydrogens is 228 g/mol. The van der Waals surface area contributed by atoms with Gasteiger partial charge in [-0.1, -0.05) is 18.2 Å². The molecule has 0 spiro atoms. The highest BCUT2D eigenvalue weighted by molar-refractivity contribution is 5.34. The second-order valence-corrected chi connectivity index (χ2v) is 3.87. The van der Waals surface area contributed by atoms with Crippen LogP contribution in [0.4, 0.5) is 0 Å². The molecule has 0 aliphatic heterocycles. The first-order valence-corrected chi connectivity index (χ1v) is 5.69. The summed E-state index contributed by atoms with van der Waals surface area (Å²) in [5.41, 5.74) is 4.72. The normalized spacial score (nSPS) is 12.1. The van der Waals surface area contributed by atoms with Crippen molar-refractivity contribution in [1.82, 2.24) is 15.4 Å². The number of para-hydroxylation sites is 1. The van der Waals surface area contributed by atoms with Crippen molar-refractivity contribution in [1.29, 1.82) is 0 Å². The van der Waals surface area contributed by atoms with Gasteiger partial charge in [-0.2, -0.15) is 0 Å². The van der Waals surface area contributed by atoms with Crippen LogP contribution in [0.2, 0.25) is 0 Å². The molecule has 0 saturated heterocycles. The predicted molar refractivity (Wildman–Crippen MR) is 68.8 cm³/mol. The van der Waals surface area contributed by atoms with E-state index >= 15 is 0 Å². The van der Waals surface area contributed by atoms with Gasteiger partial charge in [0.25, 0.3) is 0 Å². The SMILES string of the molecule is COc1ccccc1CC(NN)c1ccncn1. The Morgan fingerprint density at radius 2 is 2.17 bits per heavy atom. The zero-order valence-corrected chi connectivity index (χ0v) is 10.2. The molecule has 1 aromatic carbocycles. The van der Waals surface area contributed by atoms with Crippen molar-refractivity contribution >= 4 is 0 Å². The summed E-state index contributed by atoms with van der Waals surface area (Å²) in [6.07, 6.45) is 3.92. The quantitative estimate of drug-likeness (QED) is 0.611. The highest BCUT2D eigenvalue weighted by Gasteiger charge is 2.14. The van der Waals surface area contributed by atoms with Gasteiger partial charge in [0.2, 0.25) is 0 Å². The van der Waals surface area contributed by atoms with Crippen LogP contribution in [0.5, 0.6) is 5.75 Å². The van der Waals surface area contributed by atoms with Gasteiger partial charge >= 0.3 is 0 Å². The van der Waals surface area contributed by atoms with Crippen molar-refractivity contribution in [2.45, 2.75) is 12.5 Å². The molecule has 2 rings (SSSR count). The van der Waals surface area contributed by atoms with Crippen molar-refractivity contribution in [3.05, 3.63) is 54.1 Å². The molecule has 2 aromatic rings. The highest BCUT2D eigenvalue weighted by Crippen LogP contribution is 2.23. The monoisotopic (exact) mass is 244 g/mol. The summed E-state index contributed by atoms with van der Waals surface area (Å²) in [5, 5.41) is 0. The van der Waals surface area contributed by atoms with E-state index in [0.717, 1.165) is 17.0 Å². The molecule has 0 aliphatic rings. The molecular formula is C13H16N4O. The average Bonchev–Trinajstić information content (AvgIpc) is 2.46. The molecule has 5 nitrogen and oxygen atoms in total. The van der Waals surface area contributed by atoms with E-state index in [1.807, 2.05) is 30.3 Å². The number of nitrogens with zero attached hydrogens (tertiary/aromatic N) is 2. The number of hydrogen-bond donors (Lipinski definition) is 2. The molecule has 94 valence electrons. The van der Waals surface area contributed by atoms with E-state index in [2.05, 4.69) is 15.4 Å². The highest BCUT2D eigenvalue weighted by atomic mass is 16.5. The van der Waals surface area contributed by atoms with Crippen molar-refractivity contribution in [3.8, 4) is 5.75 Å². The molecule has 3 N–H and O–H groups in total. The van der Waals surface area contributed by atoms with Gasteiger partial charge in [0.1, 0.15) is 12.1 Å². The Kier molecular flexibility index (Phi) is 4.22. The standard InChI is InChI=1S/C13H16N4O/c1-18-13-5-3-2-4-10(13)8-12(17-14)11-6-7-15-9-16-11/h2-7,9,12,17H,8,14H2,1H3. The summed E-state index contributed by atoms with van der Waals surface area (Å²) in [7, 11) is 1.66. The first-order valence-electron chi connectivity index (χ1n) is 5.69. The average molecular weight is 244 g/mol. The Hall–Kier alpha value is -1.98. The van der Waals surface area contributed by atoms with Gasteiger partial charge in [0.15, 0.2) is 0 Å². The van der Waals surface area contributed by atoms with Crippen LogP contribution in [0.3, 0.4) is 0 Å². The van der Waals surface area contributed by atoms with Crippen LogP contribution in [-0.4, -0.2) is 17.1 Å². The number of rotatable bonds is 5. The summed E-state index contributed by atoms with van der Waals surface area (Å²) in [6.45, 7) is 0. The zero-order chi connectivity index (χ0) is 12.8. The molecule has 0 saturated carbocycles. The number of nitrogens with one attached hydrogen (secondary N) is 1. The van der Waals surface area contributed by atoms with Gasteiger partial charge in [-0.15, -0.1) is 0 Å². The molecule has 0 bridgehead atoms. The van der Waals surface area contributed by atoms with Crippen LogP contribution >= 0.6 is 0 Å². The fourth-order valence-corrected chi connectivity index (χ4v) is 1.85. The molecule has 0 fully saturated rings. The Balaban J connectivity index is 2.21. The van der Waals surface area contributed by atoms with Gasteiger partial charge in [-0.3, -0.25) is 11.3 Å². The number of hydrogen-bond acceptors (Lipinski definition) is 5. The van der Waals surface area contributed by atoms with E-state index in [0.29, 0.717) is 6.42 Å². The molecule has 0 amide bonds. The number of ether oxygens (including phenoxy) is 1. The van der Waals surface area contributed by atoms with E-state index in [1.165, 1.54) is 6.33 Å². The van der Waals surface area contributed by atoms with Gasteiger partial charge in [0, 0.05) is 6.20 Å².